The van der Waals surface area contributed by atoms with Crippen LogP contribution >= 0.6 is 15.9 Å². The van der Waals surface area contributed by atoms with Crippen molar-refractivity contribution in [3.05, 3.63) is 34.1 Å². The number of nitrogens with one attached hydrogen (secondary N) is 1. The van der Waals surface area contributed by atoms with Crippen LogP contribution in [-0.2, 0) is 6.42 Å². The molecule has 3 heteroatoms. The first-order chi connectivity index (χ1) is 9.20. The van der Waals surface area contributed by atoms with Crippen molar-refractivity contribution < 1.29 is 4.39 Å². The summed E-state index contributed by atoms with van der Waals surface area (Å²) in [5.41, 5.74) is 1.58. The van der Waals surface area contributed by atoms with Crippen LogP contribution in [0.1, 0.15) is 46.1 Å². The van der Waals surface area contributed by atoms with Gasteiger partial charge in [0.05, 0.1) is 0 Å². The van der Waals surface area contributed by atoms with Gasteiger partial charge >= 0.3 is 0 Å². The van der Waals surface area contributed by atoms with E-state index in [1.54, 1.807) is 12.1 Å². The standard InChI is InChI=1S/C17H25BrFN/c1-16(2,3)20-11-17(4,13-6-7-13)10-12-5-8-14(19)9-15(12)18/h5,8-9,13,20H,6-7,10-11H2,1-4H3. The van der Waals surface area contributed by atoms with Crippen LogP contribution in [0.25, 0.3) is 0 Å². The molecule has 0 aromatic heterocycles. The highest BCUT2D eigenvalue weighted by Crippen LogP contribution is 2.47. The summed E-state index contributed by atoms with van der Waals surface area (Å²) >= 11 is 3.50. The maximum absolute atomic E-state index is 13.2. The Hall–Kier alpha value is -0.410. The van der Waals surface area contributed by atoms with Gasteiger partial charge < -0.3 is 5.32 Å². The van der Waals surface area contributed by atoms with Gasteiger partial charge in [-0.05, 0) is 69.1 Å². The fraction of sp³-hybridized carbons (Fsp3) is 0.647. The number of benzene rings is 1. The predicted molar refractivity (Wildman–Crippen MR) is 86.4 cm³/mol. The normalized spacial score (nSPS) is 18.9. The second-order valence-electron chi connectivity index (χ2n) is 7.44. The Kier molecular flexibility index (Phi) is 4.60. The summed E-state index contributed by atoms with van der Waals surface area (Å²) in [7, 11) is 0. The molecule has 1 atom stereocenters. The fourth-order valence-corrected chi connectivity index (χ4v) is 3.19. The first kappa shape index (κ1) is 16.0. The van der Waals surface area contributed by atoms with Crippen molar-refractivity contribution in [2.24, 2.45) is 11.3 Å². The van der Waals surface area contributed by atoms with E-state index < -0.39 is 0 Å². The molecule has 112 valence electrons. The SMILES string of the molecule is CC(C)(C)NCC(C)(Cc1ccc(F)cc1Br)C1CC1. The molecule has 1 aliphatic rings. The van der Waals surface area contributed by atoms with Gasteiger partial charge in [0.1, 0.15) is 5.82 Å². The summed E-state index contributed by atoms with van der Waals surface area (Å²) in [6.45, 7) is 9.97. The highest BCUT2D eigenvalue weighted by molar-refractivity contribution is 9.10. The summed E-state index contributed by atoms with van der Waals surface area (Å²) in [6.07, 6.45) is 3.63. The molecular formula is C17H25BrFN. The van der Waals surface area contributed by atoms with Crippen molar-refractivity contribution in [1.82, 2.24) is 5.32 Å². The van der Waals surface area contributed by atoms with Crippen molar-refractivity contribution in [3.63, 3.8) is 0 Å². The summed E-state index contributed by atoms with van der Waals surface area (Å²) < 4.78 is 14.1. The Morgan fingerprint density at radius 3 is 2.40 bits per heavy atom. The molecule has 1 N–H and O–H groups in total. The van der Waals surface area contributed by atoms with Gasteiger partial charge in [0, 0.05) is 16.6 Å². The van der Waals surface area contributed by atoms with Gasteiger partial charge in [0.15, 0.2) is 0 Å². The molecule has 0 radical (unpaired) electrons. The van der Waals surface area contributed by atoms with Crippen molar-refractivity contribution >= 4 is 15.9 Å². The van der Waals surface area contributed by atoms with Crippen LogP contribution in [-0.4, -0.2) is 12.1 Å². The molecule has 0 bridgehead atoms. The van der Waals surface area contributed by atoms with Crippen molar-refractivity contribution in [2.45, 2.75) is 52.5 Å². The first-order valence-electron chi connectivity index (χ1n) is 7.39. The molecule has 1 saturated carbocycles. The molecule has 1 aromatic rings. The Balaban J connectivity index is 2.12. The largest absolute Gasteiger partial charge is 0.312 e. The van der Waals surface area contributed by atoms with E-state index in [4.69, 9.17) is 0 Å². The quantitative estimate of drug-likeness (QED) is 0.800. The maximum atomic E-state index is 13.2. The molecule has 1 fully saturated rings. The third-order valence-electron chi connectivity index (χ3n) is 4.19. The van der Waals surface area contributed by atoms with Gasteiger partial charge in [-0.1, -0.05) is 28.9 Å². The summed E-state index contributed by atoms with van der Waals surface area (Å²) in [5.74, 6) is 0.607. The van der Waals surface area contributed by atoms with E-state index in [1.165, 1.54) is 18.4 Å². The minimum absolute atomic E-state index is 0.135. The van der Waals surface area contributed by atoms with Crippen LogP contribution in [0.15, 0.2) is 22.7 Å². The predicted octanol–water partition coefficient (Wildman–Crippen LogP) is 4.94. The van der Waals surface area contributed by atoms with Gasteiger partial charge in [0.25, 0.3) is 0 Å². The van der Waals surface area contributed by atoms with Crippen molar-refractivity contribution in [3.8, 4) is 0 Å². The lowest BCUT2D eigenvalue weighted by molar-refractivity contribution is 0.227. The molecule has 0 saturated heterocycles. The Morgan fingerprint density at radius 2 is 1.90 bits per heavy atom. The van der Waals surface area contributed by atoms with Gasteiger partial charge in [-0.25, -0.2) is 4.39 Å². The lowest BCUT2D eigenvalue weighted by Gasteiger charge is -2.34. The Morgan fingerprint density at radius 1 is 1.25 bits per heavy atom. The van der Waals surface area contributed by atoms with Crippen LogP contribution in [0.4, 0.5) is 4.39 Å². The lowest BCUT2D eigenvalue weighted by atomic mass is 9.78. The van der Waals surface area contributed by atoms with E-state index in [1.807, 2.05) is 6.07 Å². The molecule has 0 spiro atoms. The molecule has 0 heterocycles. The third-order valence-corrected chi connectivity index (χ3v) is 4.93. The third kappa shape index (κ3) is 4.29. The zero-order chi connectivity index (χ0) is 15.0. The van der Waals surface area contributed by atoms with E-state index in [-0.39, 0.29) is 16.8 Å². The van der Waals surface area contributed by atoms with Crippen LogP contribution in [0.5, 0.6) is 0 Å². The average Bonchev–Trinajstić information content (AvgIpc) is 3.14. The van der Waals surface area contributed by atoms with Crippen LogP contribution in [0, 0.1) is 17.2 Å². The molecule has 0 aliphatic heterocycles. The van der Waals surface area contributed by atoms with E-state index in [9.17, 15) is 4.39 Å². The zero-order valence-electron chi connectivity index (χ0n) is 12.9. The molecule has 1 aromatic carbocycles. The molecule has 20 heavy (non-hydrogen) atoms. The monoisotopic (exact) mass is 341 g/mol. The van der Waals surface area contributed by atoms with Crippen LogP contribution in [0.3, 0.4) is 0 Å². The van der Waals surface area contributed by atoms with E-state index >= 15 is 0 Å². The number of hydrogen-bond donors (Lipinski definition) is 1. The fourth-order valence-electron chi connectivity index (χ4n) is 2.70. The van der Waals surface area contributed by atoms with Gasteiger partial charge in [0.2, 0.25) is 0 Å². The first-order valence-corrected chi connectivity index (χ1v) is 8.18. The molecule has 1 unspecified atom stereocenters. The molecule has 0 amide bonds. The summed E-state index contributed by atoms with van der Waals surface area (Å²) in [5, 5.41) is 3.65. The smallest absolute Gasteiger partial charge is 0.124 e. The van der Waals surface area contributed by atoms with E-state index in [0.29, 0.717) is 0 Å². The topological polar surface area (TPSA) is 12.0 Å². The van der Waals surface area contributed by atoms with Crippen molar-refractivity contribution in [2.75, 3.05) is 6.54 Å². The highest BCUT2D eigenvalue weighted by atomic mass is 79.9. The molecule has 1 nitrogen and oxygen atoms in total. The number of hydrogen-bond acceptors (Lipinski definition) is 1. The van der Waals surface area contributed by atoms with Gasteiger partial charge in [-0.2, -0.15) is 0 Å². The number of halogens is 2. The van der Waals surface area contributed by atoms with Gasteiger partial charge in [-0.3, -0.25) is 0 Å². The number of rotatable bonds is 5. The molecule has 2 rings (SSSR count). The highest BCUT2D eigenvalue weighted by Gasteiger charge is 2.41. The maximum Gasteiger partial charge on any atom is 0.124 e. The summed E-state index contributed by atoms with van der Waals surface area (Å²) in [4.78, 5) is 0. The zero-order valence-corrected chi connectivity index (χ0v) is 14.5. The minimum Gasteiger partial charge on any atom is -0.312 e. The second-order valence-corrected chi connectivity index (χ2v) is 8.30. The summed E-state index contributed by atoms with van der Waals surface area (Å²) in [6, 6.07) is 5.04. The average molecular weight is 342 g/mol. The Labute approximate surface area is 130 Å². The molecule has 1 aliphatic carbocycles. The second kappa shape index (κ2) is 5.76. The lowest BCUT2D eigenvalue weighted by Crippen LogP contribution is -2.44. The Bertz CT molecular complexity index is 476. The van der Waals surface area contributed by atoms with E-state index in [0.717, 1.165) is 23.4 Å². The minimum atomic E-state index is -0.179. The van der Waals surface area contributed by atoms with E-state index in [2.05, 4.69) is 48.9 Å². The van der Waals surface area contributed by atoms with Gasteiger partial charge in [-0.15, -0.1) is 0 Å². The molecular weight excluding hydrogens is 317 g/mol. The van der Waals surface area contributed by atoms with Crippen LogP contribution in [0.2, 0.25) is 0 Å². The van der Waals surface area contributed by atoms with Crippen LogP contribution < -0.4 is 5.32 Å². The van der Waals surface area contributed by atoms with Crippen molar-refractivity contribution in [1.29, 1.82) is 0 Å².